The molecule has 0 saturated carbocycles. The number of carbonyl (C=O) groups excluding carboxylic acids is 3. The predicted molar refractivity (Wildman–Crippen MR) is 90.2 cm³/mol. The van der Waals surface area contributed by atoms with E-state index in [4.69, 9.17) is 14.0 Å². The number of aromatic nitrogens is 1. The van der Waals surface area contributed by atoms with E-state index in [1.165, 1.54) is 6.07 Å². The first kappa shape index (κ1) is 18.7. The van der Waals surface area contributed by atoms with E-state index in [0.29, 0.717) is 11.3 Å². The number of anilines is 1. The number of hydrogen-bond acceptors (Lipinski definition) is 8. The Kier molecular flexibility index (Phi) is 5.92. The lowest BCUT2D eigenvalue weighted by Crippen LogP contribution is -2.14. The van der Waals surface area contributed by atoms with Crippen molar-refractivity contribution < 1.29 is 28.4 Å². The lowest BCUT2D eigenvalue weighted by Gasteiger charge is -2.05. The Labute approximate surface area is 148 Å². The molecular formula is C16H18N2O6S. The van der Waals surface area contributed by atoms with E-state index < -0.39 is 17.8 Å². The van der Waals surface area contributed by atoms with Crippen LogP contribution in [0.3, 0.4) is 0 Å². The minimum Gasteiger partial charge on any atom is -0.462 e. The third-order valence-electron chi connectivity index (χ3n) is 3.17. The molecule has 1 amide bonds. The van der Waals surface area contributed by atoms with Gasteiger partial charge >= 0.3 is 11.9 Å². The number of rotatable bonds is 6. The molecule has 2 rings (SSSR count). The molecule has 0 aliphatic rings. The zero-order chi connectivity index (χ0) is 18.6. The van der Waals surface area contributed by atoms with Crippen molar-refractivity contribution in [3.05, 3.63) is 33.5 Å². The van der Waals surface area contributed by atoms with Gasteiger partial charge in [0.1, 0.15) is 9.88 Å². The molecule has 0 radical (unpaired) electrons. The standard InChI is InChI=1S/C16H18N2O6S/c1-5-22-15(20)11-9(4)12(16(21)23-6-2)25-14(11)17-13(19)10-7-8(3)18-24-10/h7H,5-6H2,1-4H3,(H,17,19). The summed E-state index contributed by atoms with van der Waals surface area (Å²) in [4.78, 5) is 36.8. The number of aryl methyl sites for hydroxylation is 1. The van der Waals surface area contributed by atoms with Crippen molar-refractivity contribution in [2.45, 2.75) is 27.7 Å². The fraction of sp³-hybridized carbons (Fsp3) is 0.375. The third-order valence-corrected chi connectivity index (χ3v) is 4.35. The van der Waals surface area contributed by atoms with Crippen molar-refractivity contribution in [2.75, 3.05) is 18.5 Å². The summed E-state index contributed by atoms with van der Waals surface area (Å²) in [6.07, 6.45) is 0. The van der Waals surface area contributed by atoms with Crippen LogP contribution in [0, 0.1) is 13.8 Å². The molecular weight excluding hydrogens is 348 g/mol. The number of hydrogen-bond donors (Lipinski definition) is 1. The Bertz CT molecular complexity index is 808. The Hall–Kier alpha value is -2.68. The zero-order valence-corrected chi connectivity index (χ0v) is 15.1. The minimum absolute atomic E-state index is 0.00366. The number of amides is 1. The van der Waals surface area contributed by atoms with Gasteiger partial charge in [0.05, 0.1) is 24.5 Å². The molecule has 0 atom stereocenters. The Balaban J connectivity index is 2.40. The van der Waals surface area contributed by atoms with Gasteiger partial charge in [0.2, 0.25) is 5.76 Å². The van der Waals surface area contributed by atoms with Crippen molar-refractivity contribution in [2.24, 2.45) is 0 Å². The largest absolute Gasteiger partial charge is 0.462 e. The van der Waals surface area contributed by atoms with E-state index in [9.17, 15) is 14.4 Å². The Morgan fingerprint density at radius 3 is 2.36 bits per heavy atom. The van der Waals surface area contributed by atoms with Crippen LogP contribution in [0.15, 0.2) is 10.6 Å². The van der Waals surface area contributed by atoms with E-state index in [2.05, 4.69) is 10.5 Å². The van der Waals surface area contributed by atoms with Gasteiger partial charge in [0.15, 0.2) is 0 Å². The van der Waals surface area contributed by atoms with Gasteiger partial charge in [0.25, 0.3) is 5.91 Å². The molecule has 1 N–H and O–H groups in total. The van der Waals surface area contributed by atoms with Crippen LogP contribution < -0.4 is 5.32 Å². The van der Waals surface area contributed by atoms with Crippen LogP contribution in [-0.2, 0) is 9.47 Å². The van der Waals surface area contributed by atoms with Gasteiger partial charge in [-0.3, -0.25) is 4.79 Å². The summed E-state index contributed by atoms with van der Waals surface area (Å²) >= 11 is 0.949. The van der Waals surface area contributed by atoms with Crippen molar-refractivity contribution in [1.29, 1.82) is 0 Å². The van der Waals surface area contributed by atoms with E-state index >= 15 is 0 Å². The number of nitrogens with zero attached hydrogens (tertiary/aromatic N) is 1. The van der Waals surface area contributed by atoms with Crippen molar-refractivity contribution in [3.63, 3.8) is 0 Å². The van der Waals surface area contributed by atoms with E-state index in [-0.39, 0.29) is 34.4 Å². The normalized spacial score (nSPS) is 10.4. The summed E-state index contributed by atoms with van der Waals surface area (Å²) in [6.45, 7) is 6.99. The van der Waals surface area contributed by atoms with Crippen LogP contribution >= 0.6 is 11.3 Å². The van der Waals surface area contributed by atoms with E-state index in [1.807, 2.05) is 0 Å². The highest BCUT2D eigenvalue weighted by molar-refractivity contribution is 7.18. The molecule has 0 bridgehead atoms. The topological polar surface area (TPSA) is 108 Å². The Morgan fingerprint density at radius 2 is 1.80 bits per heavy atom. The summed E-state index contributed by atoms with van der Waals surface area (Å²) in [6, 6.07) is 1.46. The summed E-state index contributed by atoms with van der Waals surface area (Å²) < 4.78 is 14.9. The average Bonchev–Trinajstić information content (AvgIpc) is 3.12. The SMILES string of the molecule is CCOC(=O)c1sc(NC(=O)c2cc(C)no2)c(C(=O)OCC)c1C. The minimum atomic E-state index is -0.629. The van der Waals surface area contributed by atoms with Gasteiger partial charge < -0.3 is 19.3 Å². The van der Waals surface area contributed by atoms with Gasteiger partial charge in [-0.1, -0.05) is 5.16 Å². The monoisotopic (exact) mass is 366 g/mol. The second-order valence-electron chi connectivity index (χ2n) is 4.99. The molecule has 0 aromatic carbocycles. The number of ether oxygens (including phenoxy) is 2. The first-order valence-corrected chi connectivity index (χ1v) is 8.42. The molecule has 0 unspecified atom stereocenters. The molecule has 0 saturated heterocycles. The molecule has 134 valence electrons. The summed E-state index contributed by atoms with van der Waals surface area (Å²) in [5, 5.41) is 6.41. The fourth-order valence-electron chi connectivity index (χ4n) is 2.08. The zero-order valence-electron chi connectivity index (χ0n) is 14.3. The maximum atomic E-state index is 12.3. The molecule has 9 heteroatoms. The van der Waals surface area contributed by atoms with Crippen molar-refractivity contribution in [3.8, 4) is 0 Å². The first-order chi connectivity index (χ1) is 11.9. The maximum absolute atomic E-state index is 12.3. The highest BCUT2D eigenvalue weighted by atomic mass is 32.1. The molecule has 8 nitrogen and oxygen atoms in total. The smallest absolute Gasteiger partial charge is 0.348 e. The molecule has 0 aliphatic heterocycles. The average molecular weight is 366 g/mol. The number of carbonyl (C=O) groups is 3. The highest BCUT2D eigenvalue weighted by Crippen LogP contribution is 2.34. The number of nitrogens with one attached hydrogen (secondary N) is 1. The van der Waals surface area contributed by atoms with Gasteiger partial charge in [-0.25, -0.2) is 9.59 Å². The lowest BCUT2D eigenvalue weighted by molar-refractivity contribution is 0.0527. The fourth-order valence-corrected chi connectivity index (χ4v) is 3.16. The Morgan fingerprint density at radius 1 is 1.16 bits per heavy atom. The van der Waals surface area contributed by atoms with Crippen LogP contribution in [0.25, 0.3) is 0 Å². The summed E-state index contributed by atoms with van der Waals surface area (Å²) in [7, 11) is 0. The molecule has 0 fully saturated rings. The predicted octanol–water partition coefficient (Wildman–Crippen LogP) is 2.96. The van der Waals surface area contributed by atoms with Crippen LogP contribution in [0.2, 0.25) is 0 Å². The number of esters is 2. The maximum Gasteiger partial charge on any atom is 0.348 e. The molecule has 2 aromatic rings. The van der Waals surface area contributed by atoms with Crippen LogP contribution in [0.1, 0.15) is 55.7 Å². The van der Waals surface area contributed by atoms with Crippen LogP contribution in [-0.4, -0.2) is 36.2 Å². The molecule has 25 heavy (non-hydrogen) atoms. The van der Waals surface area contributed by atoms with Gasteiger partial charge in [-0.15, -0.1) is 11.3 Å². The van der Waals surface area contributed by atoms with Gasteiger partial charge in [0, 0.05) is 6.07 Å². The van der Waals surface area contributed by atoms with Crippen molar-refractivity contribution in [1.82, 2.24) is 5.16 Å². The molecule has 2 heterocycles. The first-order valence-electron chi connectivity index (χ1n) is 7.61. The summed E-state index contributed by atoms with van der Waals surface area (Å²) in [5.74, 6) is -1.78. The third kappa shape index (κ3) is 4.05. The highest BCUT2D eigenvalue weighted by Gasteiger charge is 2.28. The lowest BCUT2D eigenvalue weighted by atomic mass is 10.1. The van der Waals surface area contributed by atoms with Crippen LogP contribution in [0.4, 0.5) is 5.00 Å². The molecule has 2 aromatic heterocycles. The molecule has 0 aliphatic carbocycles. The quantitative estimate of drug-likeness (QED) is 0.783. The van der Waals surface area contributed by atoms with E-state index in [0.717, 1.165) is 11.3 Å². The van der Waals surface area contributed by atoms with Crippen LogP contribution in [0.5, 0.6) is 0 Å². The van der Waals surface area contributed by atoms with Gasteiger partial charge in [-0.2, -0.15) is 0 Å². The molecule has 0 spiro atoms. The second-order valence-corrected chi connectivity index (χ2v) is 6.01. The van der Waals surface area contributed by atoms with Crippen molar-refractivity contribution >= 4 is 34.2 Å². The summed E-state index contributed by atoms with van der Waals surface area (Å²) in [5.41, 5.74) is 1.07. The van der Waals surface area contributed by atoms with E-state index in [1.54, 1.807) is 27.7 Å². The second kappa shape index (κ2) is 7.93. The number of thiophene rings is 1. The van der Waals surface area contributed by atoms with Gasteiger partial charge in [-0.05, 0) is 33.3 Å².